The highest BCUT2D eigenvalue weighted by Crippen LogP contribution is 2.38. The van der Waals surface area contributed by atoms with E-state index in [0.29, 0.717) is 11.1 Å². The Labute approximate surface area is 166 Å². The summed E-state index contributed by atoms with van der Waals surface area (Å²) < 4.78 is 10.8. The van der Waals surface area contributed by atoms with E-state index in [9.17, 15) is 14.4 Å². The lowest BCUT2D eigenvalue weighted by molar-refractivity contribution is -0.144. The zero-order chi connectivity index (χ0) is 21.2. The largest absolute Gasteiger partial charge is 0.467 e. The van der Waals surface area contributed by atoms with Crippen LogP contribution in [0.1, 0.15) is 63.6 Å². The second-order valence-corrected chi connectivity index (χ2v) is 8.09. The maximum absolute atomic E-state index is 12.9. The molecule has 1 aromatic rings. The Morgan fingerprint density at radius 1 is 1.21 bits per heavy atom. The Kier molecular flexibility index (Phi) is 6.49. The molecule has 1 aromatic carbocycles. The van der Waals surface area contributed by atoms with Gasteiger partial charge in [-0.15, -0.1) is 0 Å². The molecule has 0 saturated carbocycles. The van der Waals surface area contributed by atoms with E-state index in [2.05, 4.69) is 5.32 Å². The summed E-state index contributed by atoms with van der Waals surface area (Å²) in [7, 11) is 1.29. The van der Waals surface area contributed by atoms with Gasteiger partial charge in [0.05, 0.1) is 7.11 Å². The van der Waals surface area contributed by atoms with Crippen LogP contribution in [0.2, 0.25) is 0 Å². The van der Waals surface area contributed by atoms with Crippen LogP contribution in [-0.2, 0) is 19.1 Å². The summed E-state index contributed by atoms with van der Waals surface area (Å²) in [6.45, 7) is 11.2. The van der Waals surface area contributed by atoms with Crippen LogP contribution < -0.4 is 5.32 Å². The quantitative estimate of drug-likeness (QED) is 0.755. The van der Waals surface area contributed by atoms with Crippen LogP contribution in [0.15, 0.2) is 24.3 Å². The average Bonchev–Trinajstić information content (AvgIpc) is 2.87. The standard InChI is InChI=1S/C21H30N2O5/c1-12(2)16(20(26)27-7)22-18(24)15-10-8-9-14(11-15)17-19(25)23(13(3)4)21(5,6)28-17/h8-13,16-17H,1-7H3,(H,22,24)/t16-,17?/m0/s1. The van der Waals surface area contributed by atoms with Crippen molar-refractivity contribution in [1.82, 2.24) is 10.2 Å². The van der Waals surface area contributed by atoms with E-state index < -0.39 is 29.7 Å². The van der Waals surface area contributed by atoms with Crippen LogP contribution in [0.4, 0.5) is 0 Å². The number of benzene rings is 1. The molecule has 28 heavy (non-hydrogen) atoms. The summed E-state index contributed by atoms with van der Waals surface area (Å²) in [6.07, 6.45) is -0.772. The highest BCUT2D eigenvalue weighted by atomic mass is 16.6. The van der Waals surface area contributed by atoms with E-state index in [0.717, 1.165) is 0 Å². The number of hydrogen-bond acceptors (Lipinski definition) is 5. The normalized spacial score (nSPS) is 19.8. The molecular formula is C21H30N2O5. The molecule has 0 spiro atoms. The van der Waals surface area contributed by atoms with E-state index >= 15 is 0 Å². The Morgan fingerprint density at radius 2 is 1.86 bits per heavy atom. The first-order chi connectivity index (χ1) is 13.0. The number of carbonyl (C=O) groups is 3. The SMILES string of the molecule is COC(=O)[C@@H](NC(=O)c1cccc(C2OC(C)(C)N(C(C)C)C2=O)c1)C(C)C. The van der Waals surface area contributed by atoms with Gasteiger partial charge in [-0.3, -0.25) is 9.59 Å². The second-order valence-electron chi connectivity index (χ2n) is 8.09. The molecular weight excluding hydrogens is 360 g/mol. The Hall–Kier alpha value is -2.41. The van der Waals surface area contributed by atoms with Gasteiger partial charge in [-0.1, -0.05) is 26.0 Å². The molecule has 2 atom stereocenters. The third-order valence-corrected chi connectivity index (χ3v) is 4.82. The Morgan fingerprint density at radius 3 is 2.36 bits per heavy atom. The Balaban J connectivity index is 2.26. The van der Waals surface area contributed by atoms with Crippen molar-refractivity contribution >= 4 is 17.8 Å². The van der Waals surface area contributed by atoms with Crippen LogP contribution >= 0.6 is 0 Å². The third-order valence-electron chi connectivity index (χ3n) is 4.82. The van der Waals surface area contributed by atoms with Gasteiger partial charge in [-0.05, 0) is 51.3 Å². The molecule has 1 unspecified atom stereocenters. The molecule has 1 aliphatic heterocycles. The lowest BCUT2D eigenvalue weighted by Crippen LogP contribution is -2.46. The molecule has 7 nitrogen and oxygen atoms in total. The second kappa shape index (κ2) is 8.31. The number of hydrogen-bond donors (Lipinski definition) is 1. The highest BCUT2D eigenvalue weighted by molar-refractivity contribution is 5.97. The summed E-state index contributed by atoms with van der Waals surface area (Å²) in [4.78, 5) is 39.2. The maximum Gasteiger partial charge on any atom is 0.328 e. The molecule has 154 valence electrons. The van der Waals surface area contributed by atoms with E-state index in [1.165, 1.54) is 7.11 Å². The molecule has 1 fully saturated rings. The summed E-state index contributed by atoms with van der Waals surface area (Å²) in [5.41, 5.74) is 0.222. The van der Waals surface area contributed by atoms with E-state index in [-0.39, 0.29) is 17.9 Å². The number of methoxy groups -OCH3 is 1. The van der Waals surface area contributed by atoms with Crippen molar-refractivity contribution in [1.29, 1.82) is 0 Å². The summed E-state index contributed by atoms with van der Waals surface area (Å²) in [5, 5.41) is 2.71. The summed E-state index contributed by atoms with van der Waals surface area (Å²) >= 11 is 0. The minimum Gasteiger partial charge on any atom is -0.467 e. The van der Waals surface area contributed by atoms with Crippen molar-refractivity contribution in [2.24, 2.45) is 5.92 Å². The fourth-order valence-corrected chi connectivity index (χ4v) is 3.57. The third kappa shape index (κ3) is 4.35. The van der Waals surface area contributed by atoms with Gasteiger partial charge in [0.2, 0.25) is 0 Å². The lowest BCUT2D eigenvalue weighted by atomic mass is 10.0. The minimum absolute atomic E-state index is 0.00848. The molecule has 1 aliphatic rings. The van der Waals surface area contributed by atoms with Crippen LogP contribution in [0, 0.1) is 5.92 Å². The molecule has 1 N–H and O–H groups in total. The van der Waals surface area contributed by atoms with Crippen molar-refractivity contribution in [3.8, 4) is 0 Å². The molecule has 2 rings (SSSR count). The van der Waals surface area contributed by atoms with E-state index in [4.69, 9.17) is 9.47 Å². The zero-order valence-corrected chi connectivity index (χ0v) is 17.6. The predicted molar refractivity (Wildman–Crippen MR) is 104 cm³/mol. The van der Waals surface area contributed by atoms with Crippen LogP contribution in [-0.4, -0.2) is 47.6 Å². The number of rotatable bonds is 6. The zero-order valence-electron chi connectivity index (χ0n) is 17.6. The van der Waals surface area contributed by atoms with Gasteiger partial charge in [-0.25, -0.2) is 4.79 Å². The summed E-state index contributed by atoms with van der Waals surface area (Å²) in [5.74, 6) is -1.16. The molecule has 7 heteroatoms. The summed E-state index contributed by atoms with van der Waals surface area (Å²) in [6, 6.07) is 5.98. The van der Waals surface area contributed by atoms with Crippen LogP contribution in [0.25, 0.3) is 0 Å². The number of nitrogens with zero attached hydrogens (tertiary/aromatic N) is 1. The molecule has 0 bridgehead atoms. The lowest BCUT2D eigenvalue weighted by Gasteiger charge is -2.32. The van der Waals surface area contributed by atoms with Gasteiger partial charge in [0.25, 0.3) is 11.8 Å². The topological polar surface area (TPSA) is 84.9 Å². The molecule has 1 heterocycles. The van der Waals surface area contributed by atoms with Crippen LogP contribution in [0.5, 0.6) is 0 Å². The van der Waals surface area contributed by atoms with Crippen molar-refractivity contribution in [2.75, 3.05) is 7.11 Å². The minimum atomic E-state index is -0.772. The first-order valence-corrected chi connectivity index (χ1v) is 9.49. The van der Waals surface area contributed by atoms with Gasteiger partial charge in [-0.2, -0.15) is 0 Å². The number of amides is 2. The molecule has 1 saturated heterocycles. The van der Waals surface area contributed by atoms with Crippen molar-refractivity contribution < 1.29 is 23.9 Å². The van der Waals surface area contributed by atoms with Gasteiger partial charge >= 0.3 is 5.97 Å². The average molecular weight is 390 g/mol. The van der Waals surface area contributed by atoms with Gasteiger partial charge in [0.15, 0.2) is 6.10 Å². The fraction of sp³-hybridized carbons (Fsp3) is 0.571. The molecule has 0 aromatic heterocycles. The number of carbonyl (C=O) groups excluding carboxylic acids is 3. The predicted octanol–water partition coefficient (Wildman–Crippen LogP) is 2.66. The highest BCUT2D eigenvalue weighted by Gasteiger charge is 2.47. The first kappa shape index (κ1) is 21.9. The first-order valence-electron chi connectivity index (χ1n) is 9.49. The smallest absolute Gasteiger partial charge is 0.328 e. The van der Waals surface area contributed by atoms with Crippen molar-refractivity contribution in [2.45, 2.75) is 65.5 Å². The van der Waals surface area contributed by atoms with Gasteiger partial charge in [0.1, 0.15) is 11.8 Å². The molecule has 0 radical (unpaired) electrons. The number of esters is 1. The van der Waals surface area contributed by atoms with Crippen molar-refractivity contribution in [3.05, 3.63) is 35.4 Å². The van der Waals surface area contributed by atoms with E-state index in [1.54, 1.807) is 29.2 Å². The fourth-order valence-electron chi connectivity index (χ4n) is 3.57. The van der Waals surface area contributed by atoms with Gasteiger partial charge < -0.3 is 19.7 Å². The number of ether oxygens (including phenoxy) is 2. The van der Waals surface area contributed by atoms with Crippen LogP contribution in [0.3, 0.4) is 0 Å². The molecule has 2 amide bonds. The van der Waals surface area contributed by atoms with Crippen molar-refractivity contribution in [3.63, 3.8) is 0 Å². The molecule has 0 aliphatic carbocycles. The monoisotopic (exact) mass is 390 g/mol. The Bertz CT molecular complexity index is 757. The van der Waals surface area contributed by atoms with E-state index in [1.807, 2.05) is 41.5 Å². The van der Waals surface area contributed by atoms with Gasteiger partial charge in [0, 0.05) is 11.6 Å². The number of nitrogens with one attached hydrogen (secondary N) is 1. The maximum atomic E-state index is 12.9.